The van der Waals surface area contributed by atoms with Crippen molar-refractivity contribution >= 4 is 15.7 Å². The van der Waals surface area contributed by atoms with Crippen LogP contribution in [0.25, 0.3) is 0 Å². The molecule has 22 heavy (non-hydrogen) atoms. The van der Waals surface area contributed by atoms with Crippen molar-refractivity contribution in [3.05, 3.63) is 53.6 Å². The molecule has 2 aromatic rings. The van der Waals surface area contributed by atoms with Crippen LogP contribution in [0.5, 0.6) is 5.75 Å². The number of hydrogen-bond acceptors (Lipinski definition) is 3. The van der Waals surface area contributed by atoms with Gasteiger partial charge in [0.05, 0.1) is 17.1 Å². The van der Waals surface area contributed by atoms with E-state index in [1.54, 1.807) is 0 Å². The van der Waals surface area contributed by atoms with Crippen molar-refractivity contribution in [2.45, 2.75) is 11.8 Å². The van der Waals surface area contributed by atoms with Gasteiger partial charge in [0, 0.05) is 6.07 Å². The Balaban J connectivity index is 2.11. The number of fused-ring (bicyclic) bond motifs is 1. The van der Waals surface area contributed by atoms with Gasteiger partial charge in [0.2, 0.25) is 0 Å². The first-order valence-corrected chi connectivity index (χ1v) is 8.05. The van der Waals surface area contributed by atoms with Crippen molar-refractivity contribution in [1.29, 1.82) is 0 Å². The summed E-state index contributed by atoms with van der Waals surface area (Å²) in [4.78, 5) is -0.0384. The molecule has 4 nitrogen and oxygen atoms in total. The van der Waals surface area contributed by atoms with E-state index < -0.39 is 21.7 Å². The molecular weight excluding hydrogens is 312 g/mol. The van der Waals surface area contributed by atoms with Crippen LogP contribution in [-0.4, -0.2) is 21.6 Å². The number of ether oxygens (including phenoxy) is 1. The van der Waals surface area contributed by atoms with Crippen molar-refractivity contribution in [3.63, 3.8) is 0 Å². The zero-order valence-electron chi connectivity index (χ0n) is 11.7. The Morgan fingerprint density at radius 2 is 1.91 bits per heavy atom. The van der Waals surface area contributed by atoms with Crippen LogP contribution in [0.3, 0.4) is 0 Å². The van der Waals surface area contributed by atoms with Crippen LogP contribution >= 0.6 is 0 Å². The highest BCUT2D eigenvalue weighted by atomic mass is 32.2. The maximum Gasteiger partial charge on any atom is 0.264 e. The standard InChI is InChI=1S/C15H13F2NO3S/c1-10-8-12(3-4-13(10)17)22(19,20)18-6-7-21-15-5-2-11(16)9-14(15)18/h2-5,8-9H,6-7H2,1H3. The van der Waals surface area contributed by atoms with Gasteiger partial charge >= 0.3 is 0 Å². The minimum atomic E-state index is -3.91. The van der Waals surface area contributed by atoms with E-state index in [2.05, 4.69) is 0 Å². The third-order valence-electron chi connectivity index (χ3n) is 3.46. The molecule has 0 fully saturated rings. The number of halogens is 2. The average molecular weight is 325 g/mol. The summed E-state index contributed by atoms with van der Waals surface area (Å²) in [6, 6.07) is 7.28. The highest BCUT2D eigenvalue weighted by Crippen LogP contribution is 2.35. The highest BCUT2D eigenvalue weighted by molar-refractivity contribution is 7.92. The fraction of sp³-hybridized carbons (Fsp3) is 0.200. The molecule has 1 aliphatic heterocycles. The quantitative estimate of drug-likeness (QED) is 0.853. The maximum atomic E-state index is 13.4. The highest BCUT2D eigenvalue weighted by Gasteiger charge is 2.30. The topological polar surface area (TPSA) is 46.6 Å². The number of rotatable bonds is 2. The molecule has 2 aromatic carbocycles. The number of anilines is 1. The Labute approximate surface area is 127 Å². The van der Waals surface area contributed by atoms with Crippen LogP contribution in [-0.2, 0) is 10.0 Å². The number of sulfonamides is 1. The fourth-order valence-corrected chi connectivity index (χ4v) is 3.86. The molecule has 1 heterocycles. The smallest absolute Gasteiger partial charge is 0.264 e. The summed E-state index contributed by atoms with van der Waals surface area (Å²) in [5, 5.41) is 0. The van der Waals surface area contributed by atoms with E-state index in [1.165, 1.54) is 31.2 Å². The second kappa shape index (κ2) is 5.24. The number of aryl methyl sites for hydroxylation is 1. The predicted molar refractivity (Wildman–Crippen MR) is 77.6 cm³/mol. The SMILES string of the molecule is Cc1cc(S(=O)(=O)N2CCOc3ccc(F)cc32)ccc1F. The molecule has 116 valence electrons. The summed E-state index contributed by atoms with van der Waals surface area (Å²) >= 11 is 0. The first kappa shape index (κ1) is 14.8. The number of hydrogen-bond donors (Lipinski definition) is 0. The summed E-state index contributed by atoms with van der Waals surface area (Å²) in [5.74, 6) is -0.734. The molecule has 0 bridgehead atoms. The minimum absolute atomic E-state index is 0.0384. The van der Waals surface area contributed by atoms with Crippen LogP contribution in [0.2, 0.25) is 0 Å². The molecule has 0 N–H and O–H groups in total. The summed E-state index contributed by atoms with van der Waals surface area (Å²) in [5.41, 5.74) is 0.377. The van der Waals surface area contributed by atoms with Crippen molar-refractivity contribution in [1.82, 2.24) is 0 Å². The first-order valence-electron chi connectivity index (χ1n) is 6.61. The van der Waals surface area contributed by atoms with E-state index in [1.807, 2.05) is 0 Å². The molecular formula is C15H13F2NO3S. The molecule has 3 rings (SSSR count). The second-order valence-corrected chi connectivity index (χ2v) is 6.81. The molecule has 1 aliphatic rings. The van der Waals surface area contributed by atoms with Gasteiger partial charge in [0.25, 0.3) is 10.0 Å². The van der Waals surface area contributed by atoms with Crippen LogP contribution in [0.4, 0.5) is 14.5 Å². The largest absolute Gasteiger partial charge is 0.489 e. The lowest BCUT2D eigenvalue weighted by atomic mass is 10.2. The Bertz CT molecular complexity index is 837. The molecule has 0 aromatic heterocycles. The third kappa shape index (κ3) is 2.41. The van der Waals surface area contributed by atoms with Gasteiger partial charge in [-0.25, -0.2) is 17.2 Å². The van der Waals surface area contributed by atoms with Crippen LogP contribution in [0.15, 0.2) is 41.3 Å². The zero-order valence-corrected chi connectivity index (χ0v) is 12.5. The molecule has 0 spiro atoms. The molecule has 7 heteroatoms. The summed E-state index contributed by atoms with van der Waals surface area (Å²) in [7, 11) is -3.91. The summed E-state index contributed by atoms with van der Waals surface area (Å²) in [6.07, 6.45) is 0. The van der Waals surface area contributed by atoms with E-state index in [0.717, 1.165) is 16.4 Å². The van der Waals surface area contributed by atoms with Crippen LogP contribution < -0.4 is 9.04 Å². The van der Waals surface area contributed by atoms with E-state index in [9.17, 15) is 17.2 Å². The van der Waals surface area contributed by atoms with Gasteiger partial charge in [0.15, 0.2) is 0 Å². The lowest BCUT2D eigenvalue weighted by Crippen LogP contribution is -2.38. The lowest BCUT2D eigenvalue weighted by Gasteiger charge is -2.30. The first-order chi connectivity index (χ1) is 10.4. The normalized spacial score (nSPS) is 14.4. The molecule has 0 radical (unpaired) electrons. The van der Waals surface area contributed by atoms with E-state index >= 15 is 0 Å². The van der Waals surface area contributed by atoms with Crippen molar-refractivity contribution in [2.75, 3.05) is 17.5 Å². The number of benzene rings is 2. The molecule has 0 aliphatic carbocycles. The third-order valence-corrected chi connectivity index (χ3v) is 5.27. The molecule has 0 unspecified atom stereocenters. The van der Waals surface area contributed by atoms with Crippen molar-refractivity contribution in [3.8, 4) is 5.75 Å². The molecule has 0 amide bonds. The molecule has 0 saturated carbocycles. The van der Waals surface area contributed by atoms with Gasteiger partial charge < -0.3 is 4.74 Å². The van der Waals surface area contributed by atoms with Gasteiger partial charge in [0.1, 0.15) is 24.0 Å². The second-order valence-electron chi connectivity index (χ2n) is 4.95. The Hall–Kier alpha value is -2.15. The van der Waals surface area contributed by atoms with Crippen LogP contribution in [0.1, 0.15) is 5.56 Å². The van der Waals surface area contributed by atoms with Gasteiger partial charge in [-0.3, -0.25) is 4.31 Å². The Morgan fingerprint density at radius 3 is 2.64 bits per heavy atom. The lowest BCUT2D eigenvalue weighted by molar-refractivity contribution is 0.315. The van der Waals surface area contributed by atoms with Gasteiger partial charge in [-0.15, -0.1) is 0 Å². The monoisotopic (exact) mass is 325 g/mol. The average Bonchev–Trinajstić information content (AvgIpc) is 2.49. The minimum Gasteiger partial charge on any atom is -0.489 e. The molecule has 0 atom stereocenters. The van der Waals surface area contributed by atoms with E-state index in [0.29, 0.717) is 5.75 Å². The van der Waals surface area contributed by atoms with E-state index in [-0.39, 0.29) is 29.3 Å². The predicted octanol–water partition coefficient (Wildman–Crippen LogP) is 2.86. The maximum absolute atomic E-state index is 13.4. The van der Waals surface area contributed by atoms with Gasteiger partial charge in [-0.2, -0.15) is 0 Å². The van der Waals surface area contributed by atoms with Gasteiger partial charge in [-0.1, -0.05) is 0 Å². The summed E-state index contributed by atoms with van der Waals surface area (Å²) < 4.78 is 58.7. The zero-order chi connectivity index (χ0) is 15.9. The summed E-state index contributed by atoms with van der Waals surface area (Å²) in [6.45, 7) is 1.72. The van der Waals surface area contributed by atoms with E-state index in [4.69, 9.17) is 4.74 Å². The van der Waals surface area contributed by atoms with Gasteiger partial charge in [-0.05, 0) is 42.8 Å². The van der Waals surface area contributed by atoms with Crippen LogP contribution in [0, 0.1) is 18.6 Å². The number of nitrogens with zero attached hydrogens (tertiary/aromatic N) is 1. The Kier molecular flexibility index (Phi) is 3.52. The van der Waals surface area contributed by atoms with Crippen molar-refractivity contribution in [2.24, 2.45) is 0 Å². The fourth-order valence-electron chi connectivity index (χ4n) is 2.32. The molecule has 0 saturated heterocycles. The van der Waals surface area contributed by atoms with Crippen molar-refractivity contribution < 1.29 is 21.9 Å². The Morgan fingerprint density at radius 1 is 1.14 bits per heavy atom.